The standard InChI is InChI=1S/C27H46O2/c1-10-12-14-16-27(17-15-13-11-2)19-20-22(29-27)18-21(25(3,4)5)24(28-9)23(20)26(6,7)8/h18H,10-17,19H2,1-9H3. The van der Waals surface area contributed by atoms with Crippen LogP contribution in [0.2, 0.25) is 0 Å². The van der Waals surface area contributed by atoms with Crippen molar-refractivity contribution in [2.45, 2.75) is 130 Å². The molecule has 0 amide bonds. The Hall–Kier alpha value is -1.18. The molecule has 0 radical (unpaired) electrons. The molecule has 0 saturated heterocycles. The number of benzene rings is 1. The first-order valence-electron chi connectivity index (χ1n) is 11.9. The topological polar surface area (TPSA) is 18.5 Å². The van der Waals surface area contributed by atoms with Crippen LogP contribution in [0, 0.1) is 0 Å². The maximum Gasteiger partial charge on any atom is 0.126 e. The summed E-state index contributed by atoms with van der Waals surface area (Å²) >= 11 is 0. The highest BCUT2D eigenvalue weighted by atomic mass is 16.5. The number of rotatable bonds is 9. The molecule has 0 aliphatic carbocycles. The van der Waals surface area contributed by atoms with Crippen molar-refractivity contribution in [2.24, 2.45) is 0 Å². The Balaban J connectivity index is 2.56. The molecule has 0 saturated carbocycles. The molecule has 29 heavy (non-hydrogen) atoms. The summed E-state index contributed by atoms with van der Waals surface area (Å²) < 4.78 is 13.0. The SMILES string of the molecule is CCCCCC1(CCCCC)Cc2c(cc(C(C)(C)C)c(OC)c2C(C)(C)C)O1. The summed E-state index contributed by atoms with van der Waals surface area (Å²) in [6.45, 7) is 18.3. The predicted molar refractivity (Wildman–Crippen MR) is 126 cm³/mol. The van der Waals surface area contributed by atoms with E-state index in [4.69, 9.17) is 9.47 Å². The molecule has 1 aliphatic rings. The van der Waals surface area contributed by atoms with E-state index >= 15 is 0 Å². The first-order valence-corrected chi connectivity index (χ1v) is 11.9. The van der Waals surface area contributed by atoms with Gasteiger partial charge >= 0.3 is 0 Å². The lowest BCUT2D eigenvalue weighted by atomic mass is 9.75. The van der Waals surface area contributed by atoms with E-state index in [1.165, 1.54) is 55.2 Å². The molecule has 0 aromatic heterocycles. The van der Waals surface area contributed by atoms with E-state index < -0.39 is 0 Å². The highest BCUT2D eigenvalue weighted by molar-refractivity contribution is 5.60. The second-order valence-corrected chi connectivity index (χ2v) is 11.2. The van der Waals surface area contributed by atoms with Crippen LogP contribution in [-0.4, -0.2) is 12.7 Å². The molecule has 1 aromatic rings. The van der Waals surface area contributed by atoms with Gasteiger partial charge in [-0.2, -0.15) is 0 Å². The Bertz CT molecular complexity index is 663. The average Bonchev–Trinajstić information content (AvgIpc) is 2.96. The van der Waals surface area contributed by atoms with Gasteiger partial charge in [0, 0.05) is 23.1 Å². The number of methoxy groups -OCH3 is 1. The van der Waals surface area contributed by atoms with Crippen molar-refractivity contribution >= 4 is 0 Å². The van der Waals surface area contributed by atoms with Crippen LogP contribution < -0.4 is 9.47 Å². The number of fused-ring (bicyclic) bond motifs is 1. The minimum atomic E-state index is -0.0335. The maximum atomic E-state index is 6.90. The Morgan fingerprint density at radius 3 is 1.86 bits per heavy atom. The lowest BCUT2D eigenvalue weighted by Gasteiger charge is -2.30. The third kappa shape index (κ3) is 5.50. The van der Waals surface area contributed by atoms with E-state index in [2.05, 4.69) is 61.5 Å². The van der Waals surface area contributed by atoms with Crippen molar-refractivity contribution in [1.29, 1.82) is 0 Å². The van der Waals surface area contributed by atoms with E-state index in [0.29, 0.717) is 0 Å². The maximum absolute atomic E-state index is 6.90. The lowest BCUT2D eigenvalue weighted by Crippen LogP contribution is -2.34. The Morgan fingerprint density at radius 2 is 1.45 bits per heavy atom. The zero-order valence-corrected chi connectivity index (χ0v) is 20.8. The smallest absolute Gasteiger partial charge is 0.126 e. The van der Waals surface area contributed by atoms with Crippen molar-refractivity contribution in [3.63, 3.8) is 0 Å². The Labute approximate surface area is 180 Å². The average molecular weight is 403 g/mol. The van der Waals surface area contributed by atoms with Crippen molar-refractivity contribution < 1.29 is 9.47 Å². The second kappa shape index (κ2) is 9.31. The number of ether oxygens (including phenoxy) is 2. The molecule has 0 atom stereocenters. The summed E-state index contributed by atoms with van der Waals surface area (Å²) in [7, 11) is 1.83. The van der Waals surface area contributed by atoms with Crippen molar-refractivity contribution in [2.75, 3.05) is 7.11 Å². The highest BCUT2D eigenvalue weighted by Crippen LogP contribution is 2.51. The lowest BCUT2D eigenvalue weighted by molar-refractivity contribution is 0.0686. The van der Waals surface area contributed by atoms with Gasteiger partial charge in [-0.15, -0.1) is 0 Å². The minimum absolute atomic E-state index is 0.0133. The van der Waals surface area contributed by atoms with Crippen molar-refractivity contribution in [3.05, 3.63) is 22.8 Å². The van der Waals surface area contributed by atoms with Crippen molar-refractivity contribution in [1.82, 2.24) is 0 Å². The second-order valence-electron chi connectivity index (χ2n) is 11.2. The highest BCUT2D eigenvalue weighted by Gasteiger charge is 2.43. The molecule has 2 nitrogen and oxygen atoms in total. The van der Waals surface area contributed by atoms with E-state index in [1.807, 2.05) is 7.11 Å². The fourth-order valence-electron chi connectivity index (χ4n) is 4.90. The fourth-order valence-corrected chi connectivity index (χ4v) is 4.90. The van der Waals surface area contributed by atoms with Crippen LogP contribution in [0.4, 0.5) is 0 Å². The molecule has 0 spiro atoms. The van der Waals surface area contributed by atoms with Gasteiger partial charge in [-0.1, -0.05) is 81.1 Å². The molecule has 1 aromatic carbocycles. The van der Waals surface area contributed by atoms with Gasteiger partial charge in [-0.25, -0.2) is 0 Å². The third-order valence-electron chi connectivity index (χ3n) is 6.41. The molecule has 2 heteroatoms. The molecule has 2 rings (SSSR count). The van der Waals surface area contributed by atoms with Gasteiger partial charge in [-0.05, 0) is 42.6 Å². The minimum Gasteiger partial charge on any atom is -0.496 e. The van der Waals surface area contributed by atoms with Gasteiger partial charge < -0.3 is 9.47 Å². The fraction of sp³-hybridized carbons (Fsp3) is 0.778. The Kier molecular flexibility index (Phi) is 7.74. The number of unbranched alkanes of at least 4 members (excludes halogenated alkanes) is 4. The molecule has 0 unspecified atom stereocenters. The molecular formula is C27H46O2. The summed E-state index contributed by atoms with van der Waals surface area (Å²) in [6, 6.07) is 2.30. The van der Waals surface area contributed by atoms with E-state index in [-0.39, 0.29) is 16.4 Å². The monoisotopic (exact) mass is 402 g/mol. The van der Waals surface area contributed by atoms with Crippen LogP contribution in [0.1, 0.15) is 123 Å². The van der Waals surface area contributed by atoms with Gasteiger partial charge in [0.15, 0.2) is 0 Å². The van der Waals surface area contributed by atoms with Crippen LogP contribution in [0.5, 0.6) is 11.5 Å². The molecular weight excluding hydrogens is 356 g/mol. The van der Waals surface area contributed by atoms with Crippen LogP contribution in [0.3, 0.4) is 0 Å². The summed E-state index contributed by atoms with van der Waals surface area (Å²) in [6.07, 6.45) is 11.0. The normalized spacial score (nSPS) is 15.9. The first kappa shape index (κ1) is 24.1. The molecule has 0 bridgehead atoms. The summed E-state index contributed by atoms with van der Waals surface area (Å²) in [5.41, 5.74) is 4.02. The Morgan fingerprint density at radius 1 is 0.897 bits per heavy atom. The van der Waals surface area contributed by atoms with Crippen LogP contribution in [0.15, 0.2) is 6.07 Å². The van der Waals surface area contributed by atoms with Crippen LogP contribution in [-0.2, 0) is 17.3 Å². The molecule has 166 valence electrons. The molecule has 0 fully saturated rings. The van der Waals surface area contributed by atoms with Crippen molar-refractivity contribution in [3.8, 4) is 11.5 Å². The first-order chi connectivity index (χ1) is 13.5. The van der Waals surface area contributed by atoms with Gasteiger partial charge in [0.25, 0.3) is 0 Å². The number of hydrogen-bond donors (Lipinski definition) is 0. The zero-order valence-electron chi connectivity index (χ0n) is 20.8. The van der Waals surface area contributed by atoms with E-state index in [1.54, 1.807) is 0 Å². The number of hydrogen-bond acceptors (Lipinski definition) is 2. The molecule has 1 aliphatic heterocycles. The summed E-state index contributed by atoms with van der Waals surface area (Å²) in [5, 5.41) is 0. The largest absolute Gasteiger partial charge is 0.496 e. The van der Waals surface area contributed by atoms with Crippen LogP contribution in [0.25, 0.3) is 0 Å². The van der Waals surface area contributed by atoms with Gasteiger partial charge in [0.1, 0.15) is 17.1 Å². The summed E-state index contributed by atoms with van der Waals surface area (Å²) in [4.78, 5) is 0. The summed E-state index contributed by atoms with van der Waals surface area (Å²) in [5.74, 6) is 2.19. The molecule has 1 heterocycles. The van der Waals surface area contributed by atoms with Gasteiger partial charge in [-0.3, -0.25) is 0 Å². The zero-order chi connectivity index (χ0) is 21.9. The van der Waals surface area contributed by atoms with Gasteiger partial charge in [0.2, 0.25) is 0 Å². The van der Waals surface area contributed by atoms with E-state index in [0.717, 1.165) is 30.8 Å². The van der Waals surface area contributed by atoms with Gasteiger partial charge in [0.05, 0.1) is 7.11 Å². The molecule has 0 N–H and O–H groups in total. The third-order valence-corrected chi connectivity index (χ3v) is 6.41. The van der Waals surface area contributed by atoms with Crippen LogP contribution >= 0.6 is 0 Å². The van der Waals surface area contributed by atoms with E-state index in [9.17, 15) is 0 Å². The predicted octanol–water partition coefficient (Wildman–Crippen LogP) is 8.12. The quantitative estimate of drug-likeness (QED) is 0.388.